The van der Waals surface area contributed by atoms with Gasteiger partial charge in [-0.1, -0.05) is 29.8 Å². The summed E-state index contributed by atoms with van der Waals surface area (Å²) in [4.78, 5) is 15.8. The molecule has 0 aliphatic rings. The minimum Gasteiger partial charge on any atom is -0.466 e. The number of benzene rings is 1. The van der Waals surface area contributed by atoms with Gasteiger partial charge in [-0.3, -0.25) is 4.79 Å². The van der Waals surface area contributed by atoms with Gasteiger partial charge in [0.25, 0.3) is 0 Å². The summed E-state index contributed by atoms with van der Waals surface area (Å²) in [5.74, 6) is 0.624. The number of nitrogens with one attached hydrogen (secondary N) is 2. The minimum atomic E-state index is -0.147. The summed E-state index contributed by atoms with van der Waals surface area (Å²) < 4.78 is 4.90. The SMILES string of the molecule is CCNC(=NCc1cccc(C)c1)NCCCC(=O)OCC.I. The van der Waals surface area contributed by atoms with Crippen molar-refractivity contribution < 1.29 is 9.53 Å². The number of guanidine groups is 1. The number of ether oxygens (including phenoxy) is 1. The topological polar surface area (TPSA) is 62.7 Å². The minimum absolute atomic E-state index is 0. The predicted octanol–water partition coefficient (Wildman–Crippen LogP) is 3.01. The number of hydrogen-bond donors (Lipinski definition) is 2. The third-order valence-corrected chi connectivity index (χ3v) is 3.00. The molecule has 0 radical (unpaired) electrons. The monoisotopic (exact) mass is 433 g/mol. The summed E-state index contributed by atoms with van der Waals surface area (Å²) in [6, 6.07) is 8.32. The van der Waals surface area contributed by atoms with E-state index < -0.39 is 0 Å². The Balaban J connectivity index is 0.00000484. The number of nitrogens with zero attached hydrogens (tertiary/aromatic N) is 1. The van der Waals surface area contributed by atoms with E-state index in [2.05, 4.69) is 40.7 Å². The Morgan fingerprint density at radius 1 is 1.26 bits per heavy atom. The highest BCUT2D eigenvalue weighted by atomic mass is 127. The third-order valence-electron chi connectivity index (χ3n) is 3.00. The first-order chi connectivity index (χ1) is 10.7. The molecule has 0 aromatic heterocycles. The second-order valence-corrected chi connectivity index (χ2v) is 5.02. The van der Waals surface area contributed by atoms with Crippen LogP contribution >= 0.6 is 24.0 Å². The smallest absolute Gasteiger partial charge is 0.305 e. The highest BCUT2D eigenvalue weighted by Gasteiger charge is 2.02. The summed E-state index contributed by atoms with van der Waals surface area (Å²) in [6.07, 6.45) is 1.16. The number of hydrogen-bond acceptors (Lipinski definition) is 3. The molecule has 0 aliphatic heterocycles. The van der Waals surface area contributed by atoms with E-state index in [1.165, 1.54) is 11.1 Å². The van der Waals surface area contributed by atoms with Crippen LogP contribution in [0.5, 0.6) is 0 Å². The molecule has 0 heterocycles. The van der Waals surface area contributed by atoms with Crippen molar-refractivity contribution >= 4 is 35.9 Å². The molecule has 130 valence electrons. The van der Waals surface area contributed by atoms with E-state index in [0.717, 1.165) is 18.9 Å². The average Bonchev–Trinajstić information content (AvgIpc) is 2.49. The van der Waals surface area contributed by atoms with Crippen LogP contribution in [0, 0.1) is 6.92 Å². The zero-order valence-corrected chi connectivity index (χ0v) is 16.6. The molecular formula is C17H28IN3O2. The van der Waals surface area contributed by atoms with Gasteiger partial charge in [-0.25, -0.2) is 4.99 Å². The van der Waals surface area contributed by atoms with Crippen LogP contribution in [0.15, 0.2) is 29.3 Å². The van der Waals surface area contributed by atoms with Crippen molar-refractivity contribution in [1.82, 2.24) is 10.6 Å². The van der Waals surface area contributed by atoms with Gasteiger partial charge in [0.2, 0.25) is 0 Å². The molecule has 0 saturated heterocycles. The van der Waals surface area contributed by atoms with Crippen LogP contribution in [0.1, 0.15) is 37.8 Å². The molecule has 5 nitrogen and oxygen atoms in total. The fourth-order valence-corrected chi connectivity index (χ4v) is 2.00. The lowest BCUT2D eigenvalue weighted by atomic mass is 10.1. The molecule has 23 heavy (non-hydrogen) atoms. The quantitative estimate of drug-likeness (QED) is 0.218. The van der Waals surface area contributed by atoms with Crippen LogP contribution in [-0.4, -0.2) is 31.6 Å². The van der Waals surface area contributed by atoms with Crippen LogP contribution in [-0.2, 0) is 16.1 Å². The maximum absolute atomic E-state index is 11.3. The molecule has 1 rings (SSSR count). The zero-order chi connectivity index (χ0) is 16.2. The lowest BCUT2D eigenvalue weighted by Gasteiger charge is -2.11. The summed E-state index contributed by atoms with van der Waals surface area (Å²) in [5.41, 5.74) is 2.42. The van der Waals surface area contributed by atoms with Gasteiger partial charge in [0.15, 0.2) is 5.96 Å². The van der Waals surface area contributed by atoms with Gasteiger partial charge < -0.3 is 15.4 Å². The van der Waals surface area contributed by atoms with Crippen LogP contribution < -0.4 is 10.6 Å². The molecule has 0 saturated carbocycles. The number of halogens is 1. The van der Waals surface area contributed by atoms with Crippen molar-refractivity contribution in [1.29, 1.82) is 0 Å². The van der Waals surface area contributed by atoms with Crippen LogP contribution in [0.25, 0.3) is 0 Å². The van der Waals surface area contributed by atoms with Gasteiger partial charge >= 0.3 is 5.97 Å². The number of carbonyl (C=O) groups is 1. The molecule has 0 aliphatic carbocycles. The molecule has 6 heteroatoms. The van der Waals surface area contributed by atoms with Gasteiger partial charge in [0.05, 0.1) is 13.2 Å². The Morgan fingerprint density at radius 3 is 2.70 bits per heavy atom. The van der Waals surface area contributed by atoms with Crippen molar-refractivity contribution in [3.8, 4) is 0 Å². The first kappa shape index (κ1) is 21.7. The fraction of sp³-hybridized carbons (Fsp3) is 0.529. The van der Waals surface area contributed by atoms with E-state index >= 15 is 0 Å². The molecule has 0 spiro atoms. The van der Waals surface area contributed by atoms with Gasteiger partial charge in [-0.15, -0.1) is 24.0 Å². The van der Waals surface area contributed by atoms with E-state index in [-0.39, 0.29) is 29.9 Å². The highest BCUT2D eigenvalue weighted by molar-refractivity contribution is 14.0. The molecule has 2 N–H and O–H groups in total. The molecule has 0 bridgehead atoms. The number of aliphatic imine (C=N–C) groups is 1. The zero-order valence-electron chi connectivity index (χ0n) is 14.2. The van der Waals surface area contributed by atoms with E-state index in [0.29, 0.717) is 26.1 Å². The van der Waals surface area contributed by atoms with E-state index in [4.69, 9.17) is 4.74 Å². The molecule has 0 unspecified atom stereocenters. The summed E-state index contributed by atoms with van der Waals surface area (Å²) >= 11 is 0. The maximum atomic E-state index is 11.3. The molecule has 1 aromatic carbocycles. The summed E-state index contributed by atoms with van der Waals surface area (Å²) in [6.45, 7) is 8.49. The van der Waals surface area contributed by atoms with Gasteiger partial charge in [-0.2, -0.15) is 0 Å². The largest absolute Gasteiger partial charge is 0.466 e. The number of esters is 1. The fourth-order valence-electron chi connectivity index (χ4n) is 2.00. The molecule has 0 fully saturated rings. The lowest BCUT2D eigenvalue weighted by Crippen LogP contribution is -2.37. The molecule has 0 amide bonds. The van der Waals surface area contributed by atoms with E-state index in [9.17, 15) is 4.79 Å². The summed E-state index contributed by atoms with van der Waals surface area (Å²) in [5, 5.41) is 6.44. The Bertz CT molecular complexity index is 492. The van der Waals surface area contributed by atoms with Crippen LogP contribution in [0.4, 0.5) is 0 Å². The summed E-state index contributed by atoms with van der Waals surface area (Å²) in [7, 11) is 0. The average molecular weight is 433 g/mol. The van der Waals surface area contributed by atoms with Gasteiger partial charge in [0, 0.05) is 19.5 Å². The Morgan fingerprint density at radius 2 is 2.04 bits per heavy atom. The van der Waals surface area contributed by atoms with Crippen molar-refractivity contribution in [3.63, 3.8) is 0 Å². The van der Waals surface area contributed by atoms with Crippen molar-refractivity contribution in [2.24, 2.45) is 4.99 Å². The van der Waals surface area contributed by atoms with Crippen molar-refractivity contribution in [2.45, 2.75) is 40.2 Å². The highest BCUT2D eigenvalue weighted by Crippen LogP contribution is 2.05. The number of aryl methyl sites for hydroxylation is 1. The maximum Gasteiger partial charge on any atom is 0.305 e. The Hall–Kier alpha value is -1.31. The molecule has 1 aromatic rings. The first-order valence-corrected chi connectivity index (χ1v) is 7.89. The molecular weight excluding hydrogens is 405 g/mol. The third kappa shape index (κ3) is 10.1. The van der Waals surface area contributed by atoms with Crippen molar-refractivity contribution in [3.05, 3.63) is 35.4 Å². The number of rotatable bonds is 8. The molecule has 0 atom stereocenters. The van der Waals surface area contributed by atoms with Crippen LogP contribution in [0.3, 0.4) is 0 Å². The van der Waals surface area contributed by atoms with E-state index in [1.807, 2.05) is 19.9 Å². The number of carbonyl (C=O) groups excluding carboxylic acids is 1. The lowest BCUT2D eigenvalue weighted by molar-refractivity contribution is -0.143. The Labute approximate surface area is 156 Å². The standard InChI is InChI=1S/C17H27N3O2.HI/c1-4-18-17(19-11-7-10-16(21)22-5-2)20-13-15-9-6-8-14(3)12-15;/h6,8-9,12H,4-5,7,10-11,13H2,1-3H3,(H2,18,19,20);1H. The van der Waals surface area contributed by atoms with Crippen molar-refractivity contribution in [2.75, 3.05) is 19.7 Å². The van der Waals surface area contributed by atoms with Crippen LogP contribution in [0.2, 0.25) is 0 Å². The normalized spacial score (nSPS) is 10.7. The first-order valence-electron chi connectivity index (χ1n) is 7.89. The van der Waals surface area contributed by atoms with Gasteiger partial charge in [-0.05, 0) is 32.8 Å². The predicted molar refractivity (Wildman–Crippen MR) is 105 cm³/mol. The van der Waals surface area contributed by atoms with E-state index in [1.54, 1.807) is 0 Å². The Kier molecular flexibility index (Phi) is 12.4. The second kappa shape index (κ2) is 13.2. The second-order valence-electron chi connectivity index (χ2n) is 5.02. The van der Waals surface area contributed by atoms with Gasteiger partial charge in [0.1, 0.15) is 0 Å².